The first-order valence-electron chi connectivity index (χ1n) is 8.29. The minimum absolute atomic E-state index is 0.559. The first-order chi connectivity index (χ1) is 10.6. The quantitative estimate of drug-likeness (QED) is 0.743. The van der Waals surface area contributed by atoms with Crippen LogP contribution in [0.25, 0.3) is 11.0 Å². The Kier molecular flexibility index (Phi) is 6.12. The van der Waals surface area contributed by atoms with Crippen LogP contribution in [0, 0.1) is 13.8 Å². The summed E-state index contributed by atoms with van der Waals surface area (Å²) in [7, 11) is 0. The summed E-state index contributed by atoms with van der Waals surface area (Å²) in [5.41, 5.74) is 10.3. The van der Waals surface area contributed by atoms with Crippen LogP contribution >= 0.6 is 11.8 Å². The van der Waals surface area contributed by atoms with Crippen molar-refractivity contribution in [2.75, 3.05) is 17.2 Å². The molecule has 0 aromatic carbocycles. The van der Waals surface area contributed by atoms with Gasteiger partial charge in [0.25, 0.3) is 0 Å². The van der Waals surface area contributed by atoms with Crippen LogP contribution in [0.1, 0.15) is 50.2 Å². The molecule has 4 nitrogen and oxygen atoms in total. The van der Waals surface area contributed by atoms with Gasteiger partial charge in [-0.2, -0.15) is 11.8 Å². The molecule has 0 saturated heterocycles. The molecule has 5 heteroatoms. The van der Waals surface area contributed by atoms with Crippen molar-refractivity contribution >= 4 is 28.6 Å². The molecule has 2 aromatic rings. The number of thioether (sulfide) groups is 1. The van der Waals surface area contributed by atoms with Crippen molar-refractivity contribution in [3.8, 4) is 0 Å². The Bertz CT molecular complexity index is 633. The van der Waals surface area contributed by atoms with Crippen molar-refractivity contribution in [2.45, 2.75) is 59.9 Å². The van der Waals surface area contributed by atoms with Gasteiger partial charge in [-0.25, -0.2) is 9.97 Å². The monoisotopic (exact) mass is 320 g/mol. The number of aromatic nitrogens is 3. The zero-order valence-corrected chi connectivity index (χ0v) is 15.1. The Morgan fingerprint density at radius 2 is 1.82 bits per heavy atom. The van der Waals surface area contributed by atoms with Gasteiger partial charge in [0, 0.05) is 18.7 Å². The van der Waals surface area contributed by atoms with E-state index in [1.807, 2.05) is 6.92 Å². The van der Waals surface area contributed by atoms with E-state index in [-0.39, 0.29) is 0 Å². The molecule has 0 fully saturated rings. The number of anilines is 1. The highest BCUT2D eigenvalue weighted by atomic mass is 32.2. The fourth-order valence-corrected chi connectivity index (χ4v) is 3.76. The van der Waals surface area contributed by atoms with Gasteiger partial charge in [-0.1, -0.05) is 20.3 Å². The Morgan fingerprint density at radius 1 is 1.09 bits per heavy atom. The number of aryl methyl sites for hydroxylation is 4. The molecular weight excluding hydrogens is 292 g/mol. The largest absolute Gasteiger partial charge is 0.382 e. The number of nitrogens with two attached hydrogens (primary N) is 1. The second kappa shape index (κ2) is 7.86. The van der Waals surface area contributed by atoms with Crippen molar-refractivity contribution in [2.24, 2.45) is 0 Å². The third-order valence-electron chi connectivity index (χ3n) is 4.10. The standard InChI is InChI=1S/C17H28N4S/c1-5-7-10-22-11-8-9-21-14(6-2)20-15-16(21)12(3)13(4)19-17(15)18/h5-11H2,1-4H3,(H2,18,19). The molecule has 22 heavy (non-hydrogen) atoms. The van der Waals surface area contributed by atoms with Gasteiger partial charge in [-0.05, 0) is 43.8 Å². The lowest BCUT2D eigenvalue weighted by molar-refractivity contribution is 0.662. The van der Waals surface area contributed by atoms with Crippen molar-refractivity contribution in [1.29, 1.82) is 0 Å². The van der Waals surface area contributed by atoms with Crippen molar-refractivity contribution in [3.05, 3.63) is 17.1 Å². The van der Waals surface area contributed by atoms with Crippen LogP contribution in [0.15, 0.2) is 0 Å². The number of hydrogen-bond acceptors (Lipinski definition) is 4. The maximum absolute atomic E-state index is 6.08. The van der Waals surface area contributed by atoms with Crippen molar-refractivity contribution < 1.29 is 0 Å². The fourth-order valence-electron chi connectivity index (χ4n) is 2.73. The van der Waals surface area contributed by atoms with E-state index in [0.29, 0.717) is 5.82 Å². The maximum Gasteiger partial charge on any atom is 0.151 e. The van der Waals surface area contributed by atoms with Crippen LogP contribution in [0.2, 0.25) is 0 Å². The van der Waals surface area contributed by atoms with E-state index in [1.165, 1.54) is 41.8 Å². The average Bonchev–Trinajstić information content (AvgIpc) is 2.88. The summed E-state index contributed by atoms with van der Waals surface area (Å²) >= 11 is 2.06. The van der Waals surface area contributed by atoms with Gasteiger partial charge in [0.15, 0.2) is 5.82 Å². The Hall–Kier alpha value is -1.23. The summed E-state index contributed by atoms with van der Waals surface area (Å²) in [6, 6.07) is 0. The van der Waals surface area contributed by atoms with Gasteiger partial charge < -0.3 is 10.3 Å². The molecule has 2 aromatic heterocycles. The number of nitrogens with zero attached hydrogens (tertiary/aromatic N) is 3. The van der Waals surface area contributed by atoms with Crippen LogP contribution in [0.5, 0.6) is 0 Å². The summed E-state index contributed by atoms with van der Waals surface area (Å²) in [4.78, 5) is 9.15. The van der Waals surface area contributed by atoms with Gasteiger partial charge >= 0.3 is 0 Å². The predicted octanol–water partition coefficient (Wildman–Crippen LogP) is 4.12. The number of rotatable bonds is 8. The highest BCUT2D eigenvalue weighted by Crippen LogP contribution is 2.26. The zero-order chi connectivity index (χ0) is 16.1. The van der Waals surface area contributed by atoms with Gasteiger partial charge in [0.1, 0.15) is 11.3 Å². The Labute approximate surface area is 137 Å². The molecule has 0 atom stereocenters. The summed E-state index contributed by atoms with van der Waals surface area (Å²) in [5.74, 6) is 4.16. The number of fused-ring (bicyclic) bond motifs is 1. The maximum atomic E-state index is 6.08. The molecular formula is C17H28N4S. The molecule has 0 aliphatic rings. The van der Waals surface area contributed by atoms with Gasteiger partial charge in [0.2, 0.25) is 0 Å². The van der Waals surface area contributed by atoms with Crippen molar-refractivity contribution in [1.82, 2.24) is 14.5 Å². The SMILES string of the molecule is CCCCSCCCn1c(CC)nc2c(N)nc(C)c(C)c21. The highest BCUT2D eigenvalue weighted by Gasteiger charge is 2.16. The van der Waals surface area contributed by atoms with Crippen molar-refractivity contribution in [3.63, 3.8) is 0 Å². The average molecular weight is 321 g/mol. The normalized spacial score (nSPS) is 11.5. The molecule has 0 aliphatic carbocycles. The fraction of sp³-hybridized carbons (Fsp3) is 0.647. The summed E-state index contributed by atoms with van der Waals surface area (Å²) in [6.07, 6.45) is 4.70. The minimum atomic E-state index is 0.559. The molecule has 2 rings (SSSR count). The van der Waals surface area contributed by atoms with Gasteiger partial charge in [0.05, 0.1) is 5.52 Å². The molecule has 0 aliphatic heterocycles. The zero-order valence-electron chi connectivity index (χ0n) is 14.3. The third-order valence-corrected chi connectivity index (χ3v) is 5.26. The first-order valence-corrected chi connectivity index (χ1v) is 9.45. The lowest BCUT2D eigenvalue weighted by Crippen LogP contribution is -2.06. The van der Waals surface area contributed by atoms with E-state index in [1.54, 1.807) is 0 Å². The topological polar surface area (TPSA) is 56.7 Å². The molecule has 2 heterocycles. The summed E-state index contributed by atoms with van der Waals surface area (Å²) in [6.45, 7) is 9.56. The summed E-state index contributed by atoms with van der Waals surface area (Å²) in [5, 5.41) is 0. The highest BCUT2D eigenvalue weighted by molar-refractivity contribution is 7.99. The summed E-state index contributed by atoms with van der Waals surface area (Å²) < 4.78 is 2.36. The predicted molar refractivity (Wildman–Crippen MR) is 97.6 cm³/mol. The van der Waals surface area contributed by atoms with Crippen LogP contribution in [-0.4, -0.2) is 26.0 Å². The van der Waals surface area contributed by atoms with Crippen LogP contribution in [-0.2, 0) is 13.0 Å². The molecule has 0 amide bonds. The van der Waals surface area contributed by atoms with Gasteiger partial charge in [-0.15, -0.1) is 0 Å². The number of pyridine rings is 1. The second-order valence-electron chi connectivity index (χ2n) is 5.76. The van der Waals surface area contributed by atoms with E-state index in [9.17, 15) is 0 Å². The van der Waals surface area contributed by atoms with E-state index >= 15 is 0 Å². The smallest absolute Gasteiger partial charge is 0.151 e. The molecule has 0 spiro atoms. The minimum Gasteiger partial charge on any atom is -0.382 e. The van der Waals surface area contributed by atoms with E-state index in [4.69, 9.17) is 10.7 Å². The molecule has 0 saturated carbocycles. The van der Waals surface area contributed by atoms with E-state index < -0.39 is 0 Å². The van der Waals surface area contributed by atoms with Crippen LogP contribution < -0.4 is 5.73 Å². The van der Waals surface area contributed by atoms with Crippen LogP contribution in [0.3, 0.4) is 0 Å². The first kappa shape index (κ1) is 17.1. The lowest BCUT2D eigenvalue weighted by Gasteiger charge is -2.11. The number of hydrogen-bond donors (Lipinski definition) is 1. The second-order valence-corrected chi connectivity index (χ2v) is 6.98. The third kappa shape index (κ3) is 3.57. The molecule has 0 bridgehead atoms. The lowest BCUT2D eigenvalue weighted by atomic mass is 10.2. The van der Waals surface area contributed by atoms with Crippen LogP contribution in [0.4, 0.5) is 5.82 Å². The molecule has 0 radical (unpaired) electrons. The number of imidazole rings is 1. The molecule has 0 unspecified atom stereocenters. The Morgan fingerprint density at radius 3 is 2.50 bits per heavy atom. The number of nitrogen functional groups attached to an aromatic ring is 1. The van der Waals surface area contributed by atoms with E-state index in [0.717, 1.165) is 30.0 Å². The molecule has 122 valence electrons. The molecule has 2 N–H and O–H groups in total. The Balaban J connectivity index is 2.20. The van der Waals surface area contributed by atoms with Gasteiger partial charge in [-0.3, -0.25) is 0 Å². The number of unbranched alkanes of at least 4 members (excludes halogenated alkanes) is 1. The van der Waals surface area contributed by atoms with E-state index in [2.05, 4.69) is 42.1 Å².